The van der Waals surface area contributed by atoms with Crippen LogP contribution in [0.25, 0.3) is 5.69 Å². The zero-order chi connectivity index (χ0) is 20.3. The first-order valence-corrected chi connectivity index (χ1v) is 9.27. The fraction of sp³-hybridized carbons (Fsp3) is 0.333. The summed E-state index contributed by atoms with van der Waals surface area (Å²) in [4.78, 5) is 17.9. The molecule has 7 heteroatoms. The zero-order valence-electron chi connectivity index (χ0n) is 16.9. The molecule has 0 N–H and O–H groups in total. The lowest BCUT2D eigenvalue weighted by Gasteiger charge is -2.12. The van der Waals surface area contributed by atoms with Gasteiger partial charge in [-0.25, -0.2) is 4.79 Å². The normalized spacial score (nSPS) is 11.7. The smallest absolute Gasteiger partial charge is 0.368 e. The van der Waals surface area contributed by atoms with Crippen molar-refractivity contribution in [2.24, 2.45) is 12.2 Å². The van der Waals surface area contributed by atoms with E-state index in [0.717, 1.165) is 28.8 Å². The topological polar surface area (TPSA) is 74.3 Å². The van der Waals surface area contributed by atoms with Crippen LogP contribution in [0, 0.1) is 13.8 Å². The Morgan fingerprint density at radius 1 is 1.14 bits per heavy atom. The lowest BCUT2D eigenvalue weighted by atomic mass is 9.98. The van der Waals surface area contributed by atoms with Crippen molar-refractivity contribution in [1.82, 2.24) is 19.8 Å². The molecule has 0 aliphatic rings. The van der Waals surface area contributed by atoms with Crippen LogP contribution in [-0.4, -0.2) is 25.5 Å². The summed E-state index contributed by atoms with van der Waals surface area (Å²) < 4.78 is 2.47. The van der Waals surface area contributed by atoms with Gasteiger partial charge < -0.3 is 4.84 Å². The molecule has 3 aromatic rings. The minimum atomic E-state index is -0.307. The van der Waals surface area contributed by atoms with E-state index in [0.29, 0.717) is 5.69 Å². The van der Waals surface area contributed by atoms with Gasteiger partial charge in [0, 0.05) is 18.2 Å². The summed E-state index contributed by atoms with van der Waals surface area (Å²) in [6.07, 6.45) is 0.979. The van der Waals surface area contributed by atoms with E-state index < -0.39 is 0 Å². The van der Waals surface area contributed by atoms with Crippen molar-refractivity contribution >= 4 is 5.71 Å². The molecule has 0 fully saturated rings. The first kappa shape index (κ1) is 19.5. The first-order chi connectivity index (χ1) is 13.4. The molecular weight excluding hydrogens is 354 g/mol. The molecule has 0 spiro atoms. The fourth-order valence-corrected chi connectivity index (χ4v) is 3.24. The number of aryl methyl sites for hydroxylation is 3. The number of nitrogens with zero attached hydrogens (tertiary/aromatic N) is 5. The maximum atomic E-state index is 12.2. The quantitative estimate of drug-likeness (QED) is 0.487. The SMILES string of the molecule is CCc1cccc(C(C)=NOCc2c(C)cccc2-n2nnn(C)c2=O)c1C. The molecular formula is C21H25N5O2. The Hall–Kier alpha value is -3.22. The van der Waals surface area contributed by atoms with Crippen LogP contribution >= 0.6 is 0 Å². The van der Waals surface area contributed by atoms with Crippen molar-refractivity contribution < 1.29 is 4.84 Å². The number of tetrazole rings is 1. The minimum absolute atomic E-state index is 0.231. The second kappa shape index (κ2) is 8.21. The Morgan fingerprint density at radius 3 is 2.57 bits per heavy atom. The molecule has 0 aliphatic heterocycles. The van der Waals surface area contributed by atoms with Gasteiger partial charge in [0.15, 0.2) is 0 Å². The number of aromatic nitrogens is 4. The third-order valence-electron chi connectivity index (χ3n) is 4.96. The summed E-state index contributed by atoms with van der Waals surface area (Å²) in [6, 6.07) is 11.9. The highest BCUT2D eigenvalue weighted by Gasteiger charge is 2.13. The number of oxime groups is 1. The van der Waals surface area contributed by atoms with Crippen molar-refractivity contribution in [2.45, 2.75) is 40.7 Å². The van der Waals surface area contributed by atoms with Gasteiger partial charge in [-0.3, -0.25) is 0 Å². The van der Waals surface area contributed by atoms with E-state index in [1.807, 2.05) is 38.1 Å². The highest BCUT2D eigenvalue weighted by molar-refractivity contribution is 5.99. The molecule has 146 valence electrons. The second-order valence-corrected chi connectivity index (χ2v) is 6.76. The Morgan fingerprint density at radius 2 is 1.89 bits per heavy atom. The van der Waals surface area contributed by atoms with Crippen LogP contribution in [-0.2, 0) is 24.9 Å². The predicted molar refractivity (Wildman–Crippen MR) is 109 cm³/mol. The second-order valence-electron chi connectivity index (χ2n) is 6.76. The van der Waals surface area contributed by atoms with E-state index in [2.05, 4.69) is 41.6 Å². The van der Waals surface area contributed by atoms with Gasteiger partial charge in [-0.05, 0) is 60.4 Å². The van der Waals surface area contributed by atoms with Crippen LogP contribution in [0.3, 0.4) is 0 Å². The van der Waals surface area contributed by atoms with Gasteiger partial charge in [-0.1, -0.05) is 42.4 Å². The molecule has 0 saturated carbocycles. The molecule has 0 aliphatic carbocycles. The molecule has 1 heterocycles. The highest BCUT2D eigenvalue weighted by Crippen LogP contribution is 2.19. The number of benzene rings is 2. The molecule has 7 nitrogen and oxygen atoms in total. The van der Waals surface area contributed by atoms with Gasteiger partial charge in [0.2, 0.25) is 0 Å². The van der Waals surface area contributed by atoms with Crippen molar-refractivity contribution in [1.29, 1.82) is 0 Å². The van der Waals surface area contributed by atoms with E-state index in [1.54, 1.807) is 7.05 Å². The van der Waals surface area contributed by atoms with Crippen LogP contribution in [0.4, 0.5) is 0 Å². The molecule has 2 aromatic carbocycles. The van der Waals surface area contributed by atoms with Gasteiger partial charge in [0.05, 0.1) is 11.4 Å². The predicted octanol–water partition coefficient (Wildman–Crippen LogP) is 3.09. The fourth-order valence-electron chi connectivity index (χ4n) is 3.24. The molecule has 1 aromatic heterocycles. The monoisotopic (exact) mass is 379 g/mol. The summed E-state index contributed by atoms with van der Waals surface area (Å²) in [5.74, 6) is 0. The van der Waals surface area contributed by atoms with Crippen molar-refractivity contribution in [3.8, 4) is 5.69 Å². The van der Waals surface area contributed by atoms with Gasteiger partial charge >= 0.3 is 5.69 Å². The molecule has 0 atom stereocenters. The standard InChI is InChI=1S/C21H25N5O2/c1-6-17-10-8-11-18(15(17)3)16(4)22-28-13-19-14(2)9-7-12-20(19)26-21(27)25(5)23-24-26/h7-12H,6,13H2,1-5H3. The lowest BCUT2D eigenvalue weighted by molar-refractivity contribution is 0.130. The Kier molecular flexibility index (Phi) is 5.73. The third kappa shape index (κ3) is 3.74. The van der Waals surface area contributed by atoms with E-state index >= 15 is 0 Å². The number of rotatable bonds is 6. The van der Waals surface area contributed by atoms with Crippen LogP contribution in [0.5, 0.6) is 0 Å². The summed E-state index contributed by atoms with van der Waals surface area (Å²) in [5.41, 5.74) is 6.60. The Labute approximate surface area is 164 Å². The number of hydrogen-bond donors (Lipinski definition) is 0. The van der Waals surface area contributed by atoms with Crippen LogP contribution in [0.1, 0.15) is 41.7 Å². The maximum absolute atomic E-state index is 12.2. The van der Waals surface area contributed by atoms with Gasteiger partial charge in [-0.2, -0.15) is 9.36 Å². The van der Waals surface area contributed by atoms with Gasteiger partial charge in [0.1, 0.15) is 6.61 Å². The van der Waals surface area contributed by atoms with E-state index in [9.17, 15) is 4.79 Å². The summed E-state index contributed by atoms with van der Waals surface area (Å²) in [5, 5.41) is 12.0. The lowest BCUT2D eigenvalue weighted by Crippen LogP contribution is -2.23. The van der Waals surface area contributed by atoms with Crippen LogP contribution in [0.15, 0.2) is 46.3 Å². The molecule has 3 rings (SSSR count). The van der Waals surface area contributed by atoms with Gasteiger partial charge in [-0.15, -0.1) is 0 Å². The summed E-state index contributed by atoms with van der Waals surface area (Å²) in [7, 11) is 1.57. The molecule has 0 saturated heterocycles. The van der Waals surface area contributed by atoms with E-state index in [-0.39, 0.29) is 12.3 Å². The Balaban J connectivity index is 1.87. The number of hydrogen-bond acceptors (Lipinski definition) is 5. The Bertz CT molecular complexity index is 1080. The first-order valence-electron chi connectivity index (χ1n) is 9.27. The minimum Gasteiger partial charge on any atom is -0.391 e. The molecule has 0 radical (unpaired) electrons. The maximum Gasteiger partial charge on any atom is 0.368 e. The zero-order valence-corrected chi connectivity index (χ0v) is 16.9. The van der Waals surface area contributed by atoms with Gasteiger partial charge in [0.25, 0.3) is 0 Å². The summed E-state index contributed by atoms with van der Waals surface area (Å²) >= 11 is 0. The summed E-state index contributed by atoms with van der Waals surface area (Å²) in [6.45, 7) is 8.38. The average molecular weight is 379 g/mol. The molecule has 28 heavy (non-hydrogen) atoms. The van der Waals surface area contributed by atoms with E-state index in [4.69, 9.17) is 4.84 Å². The van der Waals surface area contributed by atoms with Crippen molar-refractivity contribution in [3.63, 3.8) is 0 Å². The largest absolute Gasteiger partial charge is 0.391 e. The van der Waals surface area contributed by atoms with E-state index in [1.165, 1.54) is 20.5 Å². The third-order valence-corrected chi connectivity index (χ3v) is 4.96. The highest BCUT2D eigenvalue weighted by atomic mass is 16.6. The average Bonchev–Trinajstić information content (AvgIpc) is 3.01. The van der Waals surface area contributed by atoms with Crippen molar-refractivity contribution in [2.75, 3.05) is 0 Å². The van der Waals surface area contributed by atoms with Crippen LogP contribution < -0.4 is 5.69 Å². The molecule has 0 amide bonds. The van der Waals surface area contributed by atoms with Crippen LogP contribution in [0.2, 0.25) is 0 Å². The molecule has 0 unspecified atom stereocenters. The molecule has 0 bridgehead atoms. The van der Waals surface area contributed by atoms with Crippen molar-refractivity contribution in [3.05, 3.63) is 74.7 Å².